The molecule has 0 aliphatic heterocycles. The second-order valence-corrected chi connectivity index (χ2v) is 5.00. The standard InChI is InChI=1S/C15H16N4O/c1-9-8-11(6-7-17-9)14-13(18-15(16)19-14)10-2-4-12(20)5-3-10/h2,6-8H,3-5H2,1H3,(H3,16,18,19). The fourth-order valence-corrected chi connectivity index (χ4v) is 2.47. The molecule has 5 nitrogen and oxygen atoms in total. The summed E-state index contributed by atoms with van der Waals surface area (Å²) in [6.45, 7) is 1.94. The highest BCUT2D eigenvalue weighted by Gasteiger charge is 2.18. The highest BCUT2D eigenvalue weighted by Crippen LogP contribution is 2.32. The first-order valence-electron chi connectivity index (χ1n) is 6.63. The van der Waals surface area contributed by atoms with Gasteiger partial charge in [0.05, 0.1) is 11.4 Å². The molecule has 0 aromatic carbocycles. The Morgan fingerprint density at radius 3 is 2.90 bits per heavy atom. The summed E-state index contributed by atoms with van der Waals surface area (Å²) in [5, 5.41) is 0. The van der Waals surface area contributed by atoms with E-state index in [9.17, 15) is 4.79 Å². The van der Waals surface area contributed by atoms with Crippen LogP contribution in [0, 0.1) is 6.92 Å². The number of aromatic amines is 1. The molecule has 0 saturated carbocycles. The molecule has 2 aromatic rings. The monoisotopic (exact) mass is 268 g/mol. The first-order chi connectivity index (χ1) is 9.63. The summed E-state index contributed by atoms with van der Waals surface area (Å²) in [7, 11) is 0. The minimum absolute atomic E-state index is 0.280. The van der Waals surface area contributed by atoms with Gasteiger partial charge in [0.2, 0.25) is 0 Å². The molecule has 102 valence electrons. The maximum Gasteiger partial charge on any atom is 0.198 e. The normalized spacial score (nSPS) is 15.2. The quantitative estimate of drug-likeness (QED) is 0.876. The summed E-state index contributed by atoms with van der Waals surface area (Å²) < 4.78 is 0. The van der Waals surface area contributed by atoms with Crippen LogP contribution in [-0.4, -0.2) is 20.7 Å². The number of hydrogen-bond acceptors (Lipinski definition) is 4. The number of pyridine rings is 1. The zero-order valence-corrected chi connectivity index (χ0v) is 11.3. The van der Waals surface area contributed by atoms with Gasteiger partial charge in [-0.3, -0.25) is 9.78 Å². The van der Waals surface area contributed by atoms with E-state index in [1.54, 1.807) is 6.20 Å². The molecule has 0 spiro atoms. The molecule has 0 saturated heterocycles. The Labute approximate surface area is 116 Å². The van der Waals surface area contributed by atoms with Crippen molar-refractivity contribution in [1.82, 2.24) is 15.0 Å². The Morgan fingerprint density at radius 2 is 2.20 bits per heavy atom. The average molecular weight is 268 g/mol. The summed E-state index contributed by atoms with van der Waals surface area (Å²) in [5.41, 5.74) is 10.6. The topological polar surface area (TPSA) is 84.7 Å². The van der Waals surface area contributed by atoms with Crippen LogP contribution >= 0.6 is 0 Å². The first-order valence-corrected chi connectivity index (χ1v) is 6.63. The van der Waals surface area contributed by atoms with Crippen LogP contribution in [0.5, 0.6) is 0 Å². The lowest BCUT2D eigenvalue weighted by molar-refractivity contribution is -0.118. The van der Waals surface area contributed by atoms with Gasteiger partial charge >= 0.3 is 0 Å². The van der Waals surface area contributed by atoms with E-state index in [1.807, 2.05) is 25.1 Å². The maximum atomic E-state index is 11.3. The van der Waals surface area contributed by atoms with Gasteiger partial charge in [0, 0.05) is 30.3 Å². The Hall–Kier alpha value is -2.43. The minimum Gasteiger partial charge on any atom is -0.369 e. The van der Waals surface area contributed by atoms with Crippen molar-refractivity contribution < 1.29 is 4.79 Å². The van der Waals surface area contributed by atoms with Crippen molar-refractivity contribution in [1.29, 1.82) is 0 Å². The molecule has 2 heterocycles. The number of ketones is 1. The SMILES string of the molecule is Cc1cc(-c2nc(N)[nH]c2C2=CCC(=O)CC2)ccn1. The zero-order chi connectivity index (χ0) is 14.1. The van der Waals surface area contributed by atoms with Crippen molar-refractivity contribution in [3.8, 4) is 11.3 Å². The summed E-state index contributed by atoms with van der Waals surface area (Å²) in [6.07, 6.45) is 5.54. The number of nitrogens with two attached hydrogens (primary N) is 1. The van der Waals surface area contributed by atoms with Gasteiger partial charge in [0.25, 0.3) is 0 Å². The number of nitrogens with zero attached hydrogens (tertiary/aromatic N) is 2. The number of Topliss-reactive ketones (excluding diaryl/α,β-unsaturated/α-hetero) is 1. The third-order valence-electron chi connectivity index (χ3n) is 3.46. The van der Waals surface area contributed by atoms with Crippen molar-refractivity contribution in [2.24, 2.45) is 0 Å². The molecule has 0 radical (unpaired) electrons. The predicted molar refractivity (Wildman–Crippen MR) is 77.8 cm³/mol. The van der Waals surface area contributed by atoms with Gasteiger partial charge in [-0.25, -0.2) is 4.98 Å². The lowest BCUT2D eigenvalue weighted by atomic mass is 9.94. The number of rotatable bonds is 2. The van der Waals surface area contributed by atoms with Crippen molar-refractivity contribution >= 4 is 17.3 Å². The number of aryl methyl sites for hydroxylation is 1. The molecule has 5 heteroatoms. The molecule has 3 N–H and O–H groups in total. The lowest BCUT2D eigenvalue weighted by Crippen LogP contribution is -2.04. The average Bonchev–Trinajstić information content (AvgIpc) is 2.82. The van der Waals surface area contributed by atoms with Crippen LogP contribution in [0.25, 0.3) is 16.8 Å². The Balaban J connectivity index is 2.07. The number of hydrogen-bond donors (Lipinski definition) is 2. The molecular weight excluding hydrogens is 252 g/mol. The Kier molecular flexibility index (Phi) is 3.10. The fourth-order valence-electron chi connectivity index (χ4n) is 2.47. The number of allylic oxidation sites excluding steroid dienone is 2. The first kappa shape index (κ1) is 12.6. The molecule has 1 aliphatic carbocycles. The van der Waals surface area contributed by atoms with Crippen LogP contribution in [-0.2, 0) is 4.79 Å². The predicted octanol–water partition coefficient (Wildman–Crippen LogP) is 2.50. The highest BCUT2D eigenvalue weighted by molar-refractivity contribution is 5.88. The molecule has 0 bridgehead atoms. The van der Waals surface area contributed by atoms with Crippen molar-refractivity contribution in [3.63, 3.8) is 0 Å². The van der Waals surface area contributed by atoms with E-state index in [0.29, 0.717) is 18.8 Å². The summed E-state index contributed by atoms with van der Waals surface area (Å²) >= 11 is 0. The van der Waals surface area contributed by atoms with Gasteiger partial charge in [-0.1, -0.05) is 6.08 Å². The van der Waals surface area contributed by atoms with Gasteiger partial charge in [-0.05, 0) is 31.1 Å². The van der Waals surface area contributed by atoms with E-state index in [-0.39, 0.29) is 5.78 Å². The molecule has 1 aliphatic rings. The number of carbonyl (C=O) groups excluding carboxylic acids is 1. The van der Waals surface area contributed by atoms with Crippen LogP contribution in [0.1, 0.15) is 30.7 Å². The molecular formula is C15H16N4O. The van der Waals surface area contributed by atoms with E-state index < -0.39 is 0 Å². The van der Waals surface area contributed by atoms with Crippen molar-refractivity contribution in [2.75, 3.05) is 5.73 Å². The van der Waals surface area contributed by atoms with E-state index in [0.717, 1.165) is 34.6 Å². The van der Waals surface area contributed by atoms with Gasteiger partial charge < -0.3 is 10.7 Å². The number of carbonyl (C=O) groups is 1. The van der Waals surface area contributed by atoms with Crippen LogP contribution in [0.3, 0.4) is 0 Å². The van der Waals surface area contributed by atoms with Crippen LogP contribution in [0.15, 0.2) is 24.4 Å². The molecule has 0 amide bonds. The van der Waals surface area contributed by atoms with Crippen molar-refractivity contribution in [2.45, 2.75) is 26.2 Å². The van der Waals surface area contributed by atoms with Crippen LogP contribution < -0.4 is 5.73 Å². The number of anilines is 1. The number of nitrogens with one attached hydrogen (secondary N) is 1. The number of imidazole rings is 1. The summed E-state index contributed by atoms with van der Waals surface area (Å²) in [5.74, 6) is 0.671. The van der Waals surface area contributed by atoms with Gasteiger partial charge in [0.15, 0.2) is 5.95 Å². The van der Waals surface area contributed by atoms with E-state index in [1.165, 1.54) is 0 Å². The van der Waals surface area contributed by atoms with Crippen LogP contribution in [0.2, 0.25) is 0 Å². The van der Waals surface area contributed by atoms with E-state index in [2.05, 4.69) is 15.0 Å². The van der Waals surface area contributed by atoms with Crippen molar-refractivity contribution in [3.05, 3.63) is 35.8 Å². The molecule has 2 aromatic heterocycles. The molecule has 20 heavy (non-hydrogen) atoms. The second kappa shape index (κ2) is 4.92. The molecule has 0 unspecified atom stereocenters. The second-order valence-electron chi connectivity index (χ2n) is 5.00. The maximum absolute atomic E-state index is 11.3. The van der Waals surface area contributed by atoms with Crippen LogP contribution in [0.4, 0.5) is 5.95 Å². The fraction of sp³-hybridized carbons (Fsp3) is 0.267. The third-order valence-corrected chi connectivity index (χ3v) is 3.46. The minimum atomic E-state index is 0.280. The lowest BCUT2D eigenvalue weighted by Gasteiger charge is -2.12. The summed E-state index contributed by atoms with van der Waals surface area (Å²) in [6, 6.07) is 3.90. The number of H-pyrrole nitrogens is 1. The largest absolute Gasteiger partial charge is 0.369 e. The summed E-state index contributed by atoms with van der Waals surface area (Å²) in [4.78, 5) is 23.0. The van der Waals surface area contributed by atoms with Gasteiger partial charge in [-0.15, -0.1) is 0 Å². The van der Waals surface area contributed by atoms with E-state index >= 15 is 0 Å². The smallest absolute Gasteiger partial charge is 0.198 e. The highest BCUT2D eigenvalue weighted by atomic mass is 16.1. The van der Waals surface area contributed by atoms with E-state index in [4.69, 9.17) is 5.73 Å². The molecule has 0 atom stereocenters. The zero-order valence-electron chi connectivity index (χ0n) is 11.3. The molecule has 3 rings (SSSR count). The molecule has 0 fully saturated rings. The third kappa shape index (κ3) is 2.34. The Bertz CT molecular complexity index is 700. The van der Waals surface area contributed by atoms with Gasteiger partial charge in [-0.2, -0.15) is 0 Å². The number of nitrogen functional groups attached to an aromatic ring is 1. The number of aromatic nitrogens is 3. The van der Waals surface area contributed by atoms with Gasteiger partial charge in [0.1, 0.15) is 5.78 Å². The Morgan fingerprint density at radius 1 is 1.35 bits per heavy atom.